The first-order valence-electron chi connectivity index (χ1n) is 19.6. The number of hydrogen-bond acceptors (Lipinski definition) is 5. The highest BCUT2D eigenvalue weighted by Gasteiger charge is 2.55. The first-order valence-corrected chi connectivity index (χ1v) is 20.4. The van der Waals surface area contributed by atoms with Gasteiger partial charge in [0, 0.05) is 83.4 Å². The van der Waals surface area contributed by atoms with Gasteiger partial charge in [-0.25, -0.2) is 9.37 Å². The molecule has 10 heteroatoms. The first kappa shape index (κ1) is 33.4. The lowest BCUT2D eigenvalue weighted by Gasteiger charge is -2.40. The summed E-state index contributed by atoms with van der Waals surface area (Å²) in [6.45, 7) is 4.95. The minimum absolute atomic E-state index is 0.0269. The summed E-state index contributed by atoms with van der Waals surface area (Å²) in [5.41, 5.74) is 4.87. The molecule has 1 N–H and O–H groups in total. The second kappa shape index (κ2) is 12.7. The van der Waals surface area contributed by atoms with Crippen LogP contribution in [0.15, 0.2) is 30.3 Å². The third-order valence-electron chi connectivity index (χ3n) is 13.6. The molecule has 3 saturated carbocycles. The highest BCUT2D eigenvalue weighted by Crippen LogP contribution is 2.54. The Morgan fingerprint density at radius 3 is 2.60 bits per heavy atom. The maximum Gasteiger partial charge on any atom is 0.226 e. The minimum atomic E-state index is -0.436. The number of carbonyl (C=O) groups excluding carboxylic acids is 1. The molecule has 4 saturated heterocycles. The normalized spacial score (nSPS) is 28.9. The van der Waals surface area contributed by atoms with Crippen molar-refractivity contribution in [2.24, 2.45) is 17.8 Å². The SMILES string of the molecule is Cc1nc2c(F)c(-c3cccc(Cl)c3Cl)c(CCC#N)cc2c2c1cc([C@H]1[C@@H]3C[C@H](CN(C4CCCCC4)C3)N1C(=O)C1CC1)n2[C@H]1[C@H]2CN[C@@H]1C2. The standard InChI is InChI=1S/C42H45Cl2FN6O/c1-22-30-18-34(40-26-15-28(50(40)42(52)23-12-13-23)21-49(20-26)27-8-3-2-4-9-27)51(39-25-17-33(39)47-19-25)41(30)31-16-24(7-6-14-46)35(37(45)38(31)48-22)29-10-5-11-32(43)36(29)44/h5,10-11,16,18,23,25-28,33,39-40,47H,2-4,6-9,12-13,15,17,19-21H2,1H3/t25-,26-,28-,33-,39+,40-/m1/s1. The van der Waals surface area contributed by atoms with Gasteiger partial charge in [-0.15, -0.1) is 0 Å². The summed E-state index contributed by atoms with van der Waals surface area (Å²) < 4.78 is 19.8. The van der Waals surface area contributed by atoms with Crippen LogP contribution >= 0.6 is 23.2 Å². The van der Waals surface area contributed by atoms with Gasteiger partial charge in [0.25, 0.3) is 0 Å². The smallest absolute Gasteiger partial charge is 0.226 e. The zero-order chi connectivity index (χ0) is 35.4. The average molecular weight is 740 g/mol. The number of hydrogen-bond donors (Lipinski definition) is 1. The van der Waals surface area contributed by atoms with Crippen molar-refractivity contribution in [1.82, 2.24) is 24.7 Å². The number of fused-ring (bicyclic) bond motifs is 6. The molecule has 270 valence electrons. The third-order valence-corrected chi connectivity index (χ3v) is 14.5. The molecule has 4 aromatic rings. The van der Waals surface area contributed by atoms with Gasteiger partial charge in [-0.1, -0.05) is 54.6 Å². The van der Waals surface area contributed by atoms with Gasteiger partial charge >= 0.3 is 0 Å². The quantitative estimate of drug-likeness (QED) is 0.205. The Morgan fingerprint density at radius 1 is 1.04 bits per heavy atom. The molecular formula is C42H45Cl2FN6O. The number of aromatic nitrogens is 2. The van der Waals surface area contributed by atoms with Crippen LogP contribution in [0.25, 0.3) is 32.9 Å². The molecule has 3 aliphatic carbocycles. The average Bonchev–Trinajstić information content (AvgIpc) is 3.43. The van der Waals surface area contributed by atoms with Gasteiger partial charge in [0.15, 0.2) is 5.82 Å². The summed E-state index contributed by atoms with van der Waals surface area (Å²) in [7, 11) is 0. The molecule has 7 fully saturated rings. The van der Waals surface area contributed by atoms with Crippen molar-refractivity contribution < 1.29 is 9.18 Å². The molecule has 0 spiro atoms. The molecule has 11 rings (SSSR count). The topological polar surface area (TPSA) is 77.2 Å². The number of carbonyl (C=O) groups is 1. The molecular weight excluding hydrogens is 694 g/mol. The van der Waals surface area contributed by atoms with E-state index in [2.05, 4.69) is 37.9 Å². The number of piperidine rings is 1. The van der Waals surface area contributed by atoms with Crippen molar-refractivity contribution in [1.29, 1.82) is 5.26 Å². The number of benzene rings is 2. The lowest BCUT2D eigenvalue weighted by atomic mass is 9.79. The van der Waals surface area contributed by atoms with Crippen LogP contribution in [0.1, 0.15) is 93.2 Å². The number of nitrogens with zero attached hydrogens (tertiary/aromatic N) is 5. The number of aryl methyl sites for hydroxylation is 2. The number of pyridine rings is 1. The Bertz CT molecular complexity index is 2150. The monoisotopic (exact) mass is 738 g/mol. The Morgan fingerprint density at radius 2 is 1.87 bits per heavy atom. The van der Waals surface area contributed by atoms with Crippen molar-refractivity contribution in [3.63, 3.8) is 0 Å². The molecule has 2 aromatic carbocycles. The Labute approximate surface area is 314 Å². The molecule has 52 heavy (non-hydrogen) atoms. The van der Waals surface area contributed by atoms with E-state index in [-0.39, 0.29) is 35.5 Å². The zero-order valence-electron chi connectivity index (χ0n) is 29.7. The van der Waals surface area contributed by atoms with E-state index < -0.39 is 5.82 Å². The van der Waals surface area contributed by atoms with Gasteiger partial charge in [-0.05, 0) is 87.5 Å². The molecule has 4 aliphatic heterocycles. The van der Waals surface area contributed by atoms with E-state index in [4.69, 9.17) is 28.2 Å². The highest BCUT2D eigenvalue weighted by molar-refractivity contribution is 6.43. The van der Waals surface area contributed by atoms with E-state index in [1.807, 2.05) is 6.92 Å². The van der Waals surface area contributed by atoms with Crippen LogP contribution in [0, 0.1) is 41.8 Å². The summed E-state index contributed by atoms with van der Waals surface area (Å²) in [5, 5.41) is 15.9. The second-order valence-corrected chi connectivity index (χ2v) is 17.4. The van der Waals surface area contributed by atoms with Gasteiger partial charge in [0.2, 0.25) is 5.91 Å². The van der Waals surface area contributed by atoms with E-state index in [0.29, 0.717) is 57.9 Å². The lowest BCUT2D eigenvalue weighted by molar-refractivity contribution is -0.136. The highest BCUT2D eigenvalue weighted by atomic mass is 35.5. The van der Waals surface area contributed by atoms with Gasteiger partial charge in [0.05, 0.1) is 33.7 Å². The van der Waals surface area contributed by atoms with Gasteiger partial charge in [-0.2, -0.15) is 5.26 Å². The number of likely N-dealkylation sites (tertiary alicyclic amines) is 2. The Balaban J connectivity index is 1.20. The van der Waals surface area contributed by atoms with Crippen LogP contribution in [-0.4, -0.2) is 63.0 Å². The second-order valence-electron chi connectivity index (χ2n) is 16.6. The maximum atomic E-state index is 17.3. The molecule has 0 radical (unpaired) electrons. The van der Waals surface area contributed by atoms with Crippen LogP contribution < -0.4 is 5.32 Å². The Kier molecular flexibility index (Phi) is 8.14. The molecule has 6 atom stereocenters. The van der Waals surface area contributed by atoms with Crippen molar-refractivity contribution >= 4 is 50.9 Å². The maximum absolute atomic E-state index is 17.3. The van der Waals surface area contributed by atoms with Crippen molar-refractivity contribution in [3.8, 4) is 17.2 Å². The predicted molar refractivity (Wildman–Crippen MR) is 203 cm³/mol. The molecule has 7 aliphatic rings. The fourth-order valence-corrected chi connectivity index (χ4v) is 11.5. The molecule has 4 bridgehead atoms. The number of rotatable bonds is 7. The van der Waals surface area contributed by atoms with Crippen LogP contribution in [0.4, 0.5) is 4.39 Å². The summed E-state index contributed by atoms with van der Waals surface area (Å²) >= 11 is 13.2. The van der Waals surface area contributed by atoms with Crippen LogP contribution in [0.3, 0.4) is 0 Å². The van der Waals surface area contributed by atoms with E-state index in [1.165, 1.54) is 37.8 Å². The van der Waals surface area contributed by atoms with Gasteiger partial charge in [-0.3, -0.25) is 9.69 Å². The summed E-state index contributed by atoms with van der Waals surface area (Å²) in [5.74, 6) is 0.858. The summed E-state index contributed by atoms with van der Waals surface area (Å²) in [6.07, 6.45) is 11.2. The fraction of sp³-hybridized carbons (Fsp3) is 0.548. The van der Waals surface area contributed by atoms with Crippen LogP contribution in [0.5, 0.6) is 0 Å². The molecule has 0 unspecified atom stereocenters. The molecule has 6 heterocycles. The fourth-order valence-electron chi connectivity index (χ4n) is 11.1. The van der Waals surface area contributed by atoms with Crippen molar-refractivity contribution in [3.05, 3.63) is 63.1 Å². The number of nitriles is 1. The van der Waals surface area contributed by atoms with Crippen molar-refractivity contribution in [2.75, 3.05) is 19.6 Å². The summed E-state index contributed by atoms with van der Waals surface area (Å²) in [6, 6.07) is 13.3. The van der Waals surface area contributed by atoms with E-state index in [0.717, 1.165) is 72.9 Å². The van der Waals surface area contributed by atoms with Gasteiger partial charge in [0.1, 0.15) is 5.52 Å². The van der Waals surface area contributed by atoms with E-state index in [1.54, 1.807) is 18.2 Å². The van der Waals surface area contributed by atoms with E-state index in [9.17, 15) is 10.1 Å². The number of nitrogens with one attached hydrogen (secondary N) is 1. The van der Waals surface area contributed by atoms with Crippen molar-refractivity contribution in [2.45, 2.75) is 108 Å². The molecule has 1 amide bonds. The number of halogens is 3. The van der Waals surface area contributed by atoms with Gasteiger partial charge < -0.3 is 14.8 Å². The van der Waals surface area contributed by atoms with Crippen LogP contribution in [0.2, 0.25) is 10.0 Å². The molecule has 7 nitrogen and oxygen atoms in total. The lowest BCUT2D eigenvalue weighted by Crippen LogP contribution is -2.48. The number of amides is 1. The molecule has 2 aromatic heterocycles. The third kappa shape index (κ3) is 5.09. The van der Waals surface area contributed by atoms with E-state index >= 15 is 4.39 Å². The summed E-state index contributed by atoms with van der Waals surface area (Å²) in [4.78, 5) is 24.5. The minimum Gasteiger partial charge on any atom is -0.337 e. The Hall–Kier alpha value is -3.22. The predicted octanol–water partition coefficient (Wildman–Crippen LogP) is 8.92. The first-order chi connectivity index (χ1) is 25.3. The van der Waals surface area contributed by atoms with Crippen LogP contribution in [-0.2, 0) is 11.2 Å². The largest absolute Gasteiger partial charge is 0.337 e. The zero-order valence-corrected chi connectivity index (χ0v) is 31.2.